The third-order valence-corrected chi connectivity index (χ3v) is 6.10. The van der Waals surface area contributed by atoms with Gasteiger partial charge in [-0.15, -0.1) is 0 Å². The van der Waals surface area contributed by atoms with E-state index < -0.39 is 5.79 Å². The van der Waals surface area contributed by atoms with Gasteiger partial charge in [-0.25, -0.2) is 0 Å². The third kappa shape index (κ3) is 4.68. The molecule has 0 aromatic heterocycles. The summed E-state index contributed by atoms with van der Waals surface area (Å²) in [6.45, 7) is 17.1. The molecule has 4 rings (SSSR count). The standard InChI is InChI=1S/C24H37NO5/c1-17(18-8-10-19(11-9-18)26-12-20-13-27-20)29-25-21(2,3)14-24(15-22(25,4)5)28-16-23(6,7)30-24/h8-11,17,20H,12-16H2,1-7H3. The topological polar surface area (TPSA) is 52.7 Å². The van der Waals surface area contributed by atoms with E-state index in [9.17, 15) is 0 Å². The summed E-state index contributed by atoms with van der Waals surface area (Å²) >= 11 is 0. The molecule has 1 aromatic rings. The van der Waals surface area contributed by atoms with Gasteiger partial charge in [-0.1, -0.05) is 12.1 Å². The minimum atomic E-state index is -0.552. The highest BCUT2D eigenvalue weighted by molar-refractivity contribution is 5.28. The van der Waals surface area contributed by atoms with Crippen molar-refractivity contribution in [2.24, 2.45) is 0 Å². The number of rotatable bonds is 6. The Kier molecular flexibility index (Phi) is 5.47. The lowest BCUT2D eigenvalue weighted by molar-refractivity contribution is -0.353. The van der Waals surface area contributed by atoms with Gasteiger partial charge >= 0.3 is 0 Å². The lowest BCUT2D eigenvalue weighted by atomic mass is 9.78. The van der Waals surface area contributed by atoms with Crippen LogP contribution in [0, 0.1) is 0 Å². The smallest absolute Gasteiger partial charge is 0.172 e. The number of nitrogens with zero attached hydrogens (tertiary/aromatic N) is 1. The molecular formula is C24H37NO5. The van der Waals surface area contributed by atoms with Gasteiger partial charge in [0.15, 0.2) is 5.79 Å². The molecule has 3 aliphatic heterocycles. The van der Waals surface area contributed by atoms with Crippen molar-refractivity contribution < 1.29 is 23.8 Å². The molecule has 2 atom stereocenters. The summed E-state index contributed by atoms with van der Waals surface area (Å²) in [5, 5.41) is 2.16. The lowest BCUT2D eigenvalue weighted by Crippen LogP contribution is -2.65. The predicted molar refractivity (Wildman–Crippen MR) is 114 cm³/mol. The van der Waals surface area contributed by atoms with Crippen molar-refractivity contribution in [3.63, 3.8) is 0 Å². The predicted octanol–water partition coefficient (Wildman–Crippen LogP) is 4.63. The van der Waals surface area contributed by atoms with Gasteiger partial charge in [0.25, 0.3) is 0 Å². The van der Waals surface area contributed by atoms with Crippen molar-refractivity contribution in [2.45, 2.75) is 96.0 Å². The zero-order valence-corrected chi connectivity index (χ0v) is 19.5. The van der Waals surface area contributed by atoms with Crippen molar-refractivity contribution >= 4 is 0 Å². The van der Waals surface area contributed by atoms with Gasteiger partial charge in [0.05, 0.1) is 18.8 Å². The maximum atomic E-state index is 6.57. The molecule has 3 fully saturated rings. The summed E-state index contributed by atoms with van der Waals surface area (Å²) < 4.78 is 23.6. The van der Waals surface area contributed by atoms with Crippen LogP contribution in [0.4, 0.5) is 0 Å². The van der Waals surface area contributed by atoms with E-state index in [1.54, 1.807) is 0 Å². The number of epoxide rings is 1. The Balaban J connectivity index is 1.44. The molecule has 2 unspecified atom stereocenters. The maximum absolute atomic E-state index is 6.57. The normalized spacial score (nSPS) is 29.6. The van der Waals surface area contributed by atoms with Gasteiger partial charge in [0.2, 0.25) is 0 Å². The van der Waals surface area contributed by atoms with Gasteiger partial charge < -0.3 is 18.9 Å². The van der Waals surface area contributed by atoms with Gasteiger partial charge in [-0.05, 0) is 66.2 Å². The Morgan fingerprint density at radius 3 is 2.13 bits per heavy atom. The number of hydroxylamine groups is 2. The molecule has 0 N–H and O–H groups in total. The summed E-state index contributed by atoms with van der Waals surface area (Å²) in [6.07, 6.45) is 1.70. The molecule has 0 amide bonds. The molecular weight excluding hydrogens is 382 g/mol. The van der Waals surface area contributed by atoms with E-state index in [-0.39, 0.29) is 28.9 Å². The highest BCUT2D eigenvalue weighted by atomic mass is 16.8. The van der Waals surface area contributed by atoms with Gasteiger partial charge in [0.1, 0.15) is 24.6 Å². The average Bonchev–Trinajstić information content (AvgIpc) is 3.41. The van der Waals surface area contributed by atoms with Crippen LogP contribution in [0.5, 0.6) is 5.75 Å². The van der Waals surface area contributed by atoms with Crippen LogP contribution in [0.25, 0.3) is 0 Å². The largest absolute Gasteiger partial charge is 0.491 e. The minimum Gasteiger partial charge on any atom is -0.491 e. The van der Waals surface area contributed by atoms with E-state index in [4.69, 9.17) is 23.8 Å². The second-order valence-corrected chi connectivity index (χ2v) is 10.9. The molecule has 0 bridgehead atoms. The first-order chi connectivity index (χ1) is 13.9. The monoisotopic (exact) mass is 419 g/mol. The summed E-state index contributed by atoms with van der Waals surface area (Å²) in [7, 11) is 0. The summed E-state index contributed by atoms with van der Waals surface area (Å²) in [6, 6.07) is 8.15. The Labute approximate surface area is 180 Å². The van der Waals surface area contributed by atoms with Crippen LogP contribution in [-0.4, -0.2) is 53.5 Å². The first kappa shape index (κ1) is 22.0. The van der Waals surface area contributed by atoms with Crippen molar-refractivity contribution in [3.05, 3.63) is 29.8 Å². The number of benzene rings is 1. The molecule has 1 aromatic carbocycles. The first-order valence-electron chi connectivity index (χ1n) is 11.1. The van der Waals surface area contributed by atoms with E-state index in [1.165, 1.54) is 0 Å². The second-order valence-electron chi connectivity index (χ2n) is 10.9. The fourth-order valence-corrected chi connectivity index (χ4v) is 5.08. The molecule has 6 heteroatoms. The molecule has 3 heterocycles. The van der Waals surface area contributed by atoms with Gasteiger partial charge in [-0.2, -0.15) is 5.06 Å². The molecule has 168 valence electrons. The van der Waals surface area contributed by atoms with Crippen molar-refractivity contribution in [1.29, 1.82) is 0 Å². The van der Waals surface area contributed by atoms with E-state index in [0.29, 0.717) is 13.2 Å². The molecule has 0 saturated carbocycles. The van der Waals surface area contributed by atoms with Crippen LogP contribution in [0.2, 0.25) is 0 Å². The van der Waals surface area contributed by atoms with Gasteiger partial charge in [0, 0.05) is 23.9 Å². The lowest BCUT2D eigenvalue weighted by Gasteiger charge is -2.57. The van der Waals surface area contributed by atoms with Crippen molar-refractivity contribution in [1.82, 2.24) is 5.06 Å². The summed E-state index contributed by atoms with van der Waals surface area (Å²) in [4.78, 5) is 6.57. The van der Waals surface area contributed by atoms with Crippen LogP contribution >= 0.6 is 0 Å². The van der Waals surface area contributed by atoms with Crippen molar-refractivity contribution in [2.75, 3.05) is 19.8 Å². The highest BCUT2D eigenvalue weighted by Gasteiger charge is 2.59. The molecule has 30 heavy (non-hydrogen) atoms. The highest BCUT2D eigenvalue weighted by Crippen LogP contribution is 2.50. The zero-order chi connectivity index (χ0) is 21.8. The number of ether oxygens (including phenoxy) is 4. The quantitative estimate of drug-likeness (QED) is 0.627. The zero-order valence-electron chi connectivity index (χ0n) is 19.5. The molecule has 3 aliphatic rings. The molecule has 6 nitrogen and oxygen atoms in total. The number of hydrogen-bond donors (Lipinski definition) is 0. The van der Waals surface area contributed by atoms with Crippen LogP contribution in [-0.2, 0) is 19.0 Å². The Morgan fingerprint density at radius 2 is 1.63 bits per heavy atom. The fraction of sp³-hybridized carbons (Fsp3) is 0.750. The molecule has 0 radical (unpaired) electrons. The number of hydrogen-bond acceptors (Lipinski definition) is 6. The molecule has 0 aliphatic carbocycles. The fourth-order valence-electron chi connectivity index (χ4n) is 5.08. The maximum Gasteiger partial charge on any atom is 0.172 e. The SMILES string of the molecule is CC(ON1C(C)(C)CC2(CC1(C)C)OCC(C)(C)O2)c1ccc(OCC2CO2)cc1. The Bertz CT molecular complexity index is 735. The molecule has 1 spiro atoms. The summed E-state index contributed by atoms with van der Waals surface area (Å²) in [5.41, 5.74) is 0.372. The van der Waals surface area contributed by atoms with Crippen LogP contribution in [0.3, 0.4) is 0 Å². The van der Waals surface area contributed by atoms with Crippen molar-refractivity contribution in [3.8, 4) is 5.75 Å². The first-order valence-corrected chi connectivity index (χ1v) is 11.1. The Morgan fingerprint density at radius 1 is 1.03 bits per heavy atom. The van der Waals surface area contributed by atoms with E-state index >= 15 is 0 Å². The average molecular weight is 420 g/mol. The van der Waals surface area contributed by atoms with Gasteiger partial charge in [-0.3, -0.25) is 4.84 Å². The van der Waals surface area contributed by atoms with Crippen LogP contribution in [0.15, 0.2) is 24.3 Å². The Hall–Kier alpha value is -1.18. The third-order valence-electron chi connectivity index (χ3n) is 6.10. The summed E-state index contributed by atoms with van der Waals surface area (Å²) in [5.74, 6) is 0.310. The van der Waals surface area contributed by atoms with E-state index in [1.807, 2.05) is 12.1 Å². The van der Waals surface area contributed by atoms with Crippen LogP contribution < -0.4 is 4.74 Å². The van der Waals surface area contributed by atoms with Crippen LogP contribution in [0.1, 0.15) is 73.0 Å². The van der Waals surface area contributed by atoms with E-state index in [0.717, 1.165) is 30.8 Å². The van der Waals surface area contributed by atoms with E-state index in [2.05, 4.69) is 65.7 Å². The molecule has 3 saturated heterocycles. The number of piperidine rings is 1. The second kappa shape index (κ2) is 7.45. The minimum absolute atomic E-state index is 0.0831.